The molecule has 2 aromatic rings. The van der Waals surface area contributed by atoms with Gasteiger partial charge in [0.25, 0.3) is 5.91 Å². The molecule has 0 saturated carbocycles. The molecule has 1 N–H and O–H groups in total. The normalized spacial score (nSPS) is 11.2. The van der Waals surface area contributed by atoms with Gasteiger partial charge in [-0.2, -0.15) is 0 Å². The van der Waals surface area contributed by atoms with E-state index in [-0.39, 0.29) is 5.91 Å². The number of para-hydroxylation sites is 1. The van der Waals surface area contributed by atoms with E-state index in [2.05, 4.69) is 4.72 Å². The van der Waals surface area contributed by atoms with E-state index in [0.717, 1.165) is 11.8 Å². The number of nitrogens with one attached hydrogen (secondary N) is 1. The molecule has 0 aliphatic heterocycles. The molecular weight excluding hydrogens is 388 g/mol. The summed E-state index contributed by atoms with van der Waals surface area (Å²) in [7, 11) is -1.48. The molecule has 0 heterocycles. The molecule has 0 saturated heterocycles. The SMILES string of the molecule is CN(CCOc1ccccc1Cl)C(=O)c1ccc(CCNS(C)(=O)=O)cc1. The van der Waals surface area contributed by atoms with E-state index in [1.165, 1.54) is 0 Å². The minimum Gasteiger partial charge on any atom is -0.490 e. The number of benzene rings is 2. The highest BCUT2D eigenvalue weighted by molar-refractivity contribution is 7.88. The molecule has 2 aromatic carbocycles. The van der Waals surface area contributed by atoms with Crippen molar-refractivity contribution in [3.05, 3.63) is 64.7 Å². The molecule has 2 rings (SSSR count). The van der Waals surface area contributed by atoms with Crippen LogP contribution in [-0.4, -0.2) is 52.2 Å². The van der Waals surface area contributed by atoms with Crippen LogP contribution in [0.2, 0.25) is 5.02 Å². The van der Waals surface area contributed by atoms with Gasteiger partial charge in [-0.05, 0) is 36.2 Å². The highest BCUT2D eigenvalue weighted by atomic mass is 35.5. The number of rotatable bonds is 9. The largest absolute Gasteiger partial charge is 0.490 e. The lowest BCUT2D eigenvalue weighted by atomic mass is 10.1. The zero-order valence-electron chi connectivity index (χ0n) is 15.3. The van der Waals surface area contributed by atoms with Crippen molar-refractivity contribution in [2.45, 2.75) is 6.42 Å². The Balaban J connectivity index is 1.82. The molecule has 0 unspecified atom stereocenters. The predicted octanol–water partition coefficient (Wildman–Crippen LogP) is 2.58. The Morgan fingerprint density at radius 3 is 2.44 bits per heavy atom. The predicted molar refractivity (Wildman–Crippen MR) is 107 cm³/mol. The molecular formula is C19H23ClN2O4S. The van der Waals surface area contributed by atoms with Gasteiger partial charge >= 0.3 is 0 Å². The molecule has 8 heteroatoms. The number of hydrogen-bond acceptors (Lipinski definition) is 4. The molecule has 0 aromatic heterocycles. The quantitative estimate of drug-likeness (QED) is 0.689. The van der Waals surface area contributed by atoms with Gasteiger partial charge in [0, 0.05) is 19.2 Å². The summed E-state index contributed by atoms with van der Waals surface area (Å²) in [5.74, 6) is 0.477. The van der Waals surface area contributed by atoms with Gasteiger partial charge in [-0.25, -0.2) is 13.1 Å². The van der Waals surface area contributed by atoms with E-state index < -0.39 is 10.0 Å². The maximum Gasteiger partial charge on any atom is 0.253 e. The van der Waals surface area contributed by atoms with Crippen molar-refractivity contribution >= 4 is 27.5 Å². The Hall–Kier alpha value is -2.09. The van der Waals surface area contributed by atoms with E-state index >= 15 is 0 Å². The van der Waals surface area contributed by atoms with Gasteiger partial charge in [0.05, 0.1) is 17.8 Å². The van der Waals surface area contributed by atoms with Crippen LogP contribution in [0.25, 0.3) is 0 Å². The fourth-order valence-electron chi connectivity index (χ4n) is 2.37. The first-order valence-corrected chi connectivity index (χ1v) is 10.7. The molecule has 146 valence electrons. The van der Waals surface area contributed by atoms with E-state index in [1.807, 2.05) is 24.3 Å². The smallest absolute Gasteiger partial charge is 0.253 e. The maximum absolute atomic E-state index is 12.5. The molecule has 0 spiro atoms. The van der Waals surface area contributed by atoms with Crippen molar-refractivity contribution in [2.75, 3.05) is 33.0 Å². The lowest BCUT2D eigenvalue weighted by Gasteiger charge is -2.18. The van der Waals surface area contributed by atoms with Gasteiger partial charge in [-0.3, -0.25) is 4.79 Å². The van der Waals surface area contributed by atoms with Crippen molar-refractivity contribution in [1.82, 2.24) is 9.62 Å². The summed E-state index contributed by atoms with van der Waals surface area (Å²) in [5.41, 5.74) is 1.52. The molecule has 0 aliphatic rings. The second-order valence-corrected chi connectivity index (χ2v) is 8.36. The third-order valence-corrected chi connectivity index (χ3v) is 4.89. The lowest BCUT2D eigenvalue weighted by Crippen LogP contribution is -2.30. The Morgan fingerprint density at radius 2 is 1.81 bits per heavy atom. The topological polar surface area (TPSA) is 75.7 Å². The number of halogens is 1. The van der Waals surface area contributed by atoms with Crippen molar-refractivity contribution in [3.8, 4) is 5.75 Å². The van der Waals surface area contributed by atoms with Crippen molar-refractivity contribution in [3.63, 3.8) is 0 Å². The van der Waals surface area contributed by atoms with Crippen molar-refractivity contribution in [2.24, 2.45) is 0 Å². The molecule has 0 radical (unpaired) electrons. The highest BCUT2D eigenvalue weighted by Gasteiger charge is 2.12. The summed E-state index contributed by atoms with van der Waals surface area (Å²) in [4.78, 5) is 14.0. The lowest BCUT2D eigenvalue weighted by molar-refractivity contribution is 0.0774. The van der Waals surface area contributed by atoms with E-state index in [9.17, 15) is 13.2 Å². The minimum absolute atomic E-state index is 0.112. The molecule has 27 heavy (non-hydrogen) atoms. The van der Waals surface area contributed by atoms with Gasteiger partial charge in [0.15, 0.2) is 0 Å². The van der Waals surface area contributed by atoms with Gasteiger partial charge in [-0.1, -0.05) is 35.9 Å². The maximum atomic E-state index is 12.5. The van der Waals surface area contributed by atoms with Crippen LogP contribution in [0.15, 0.2) is 48.5 Å². The number of nitrogens with zero attached hydrogens (tertiary/aromatic N) is 1. The minimum atomic E-state index is -3.19. The Kier molecular flexibility index (Phi) is 7.65. The Morgan fingerprint density at radius 1 is 1.15 bits per heavy atom. The van der Waals surface area contributed by atoms with Crippen LogP contribution in [-0.2, 0) is 16.4 Å². The third-order valence-electron chi connectivity index (χ3n) is 3.85. The van der Waals surface area contributed by atoms with E-state index in [0.29, 0.717) is 42.5 Å². The molecule has 0 fully saturated rings. The zero-order valence-corrected chi connectivity index (χ0v) is 16.9. The number of likely N-dealkylation sites (N-methyl/N-ethyl adjacent to an activating group) is 1. The first-order valence-electron chi connectivity index (χ1n) is 8.42. The van der Waals surface area contributed by atoms with Crippen LogP contribution in [0.4, 0.5) is 0 Å². The van der Waals surface area contributed by atoms with Gasteiger partial charge in [-0.15, -0.1) is 0 Å². The Bertz CT molecular complexity index is 870. The van der Waals surface area contributed by atoms with Crippen LogP contribution in [0.5, 0.6) is 5.75 Å². The first-order chi connectivity index (χ1) is 12.8. The summed E-state index contributed by atoms with van der Waals surface area (Å²) in [5, 5.41) is 0.535. The second kappa shape index (κ2) is 9.73. The number of sulfonamides is 1. The molecule has 0 atom stereocenters. The zero-order chi connectivity index (χ0) is 19.9. The summed E-state index contributed by atoms with van der Waals surface area (Å²) in [6.07, 6.45) is 1.68. The van der Waals surface area contributed by atoms with Crippen LogP contribution < -0.4 is 9.46 Å². The number of carbonyl (C=O) groups excluding carboxylic acids is 1. The molecule has 6 nitrogen and oxygen atoms in total. The average Bonchev–Trinajstić information content (AvgIpc) is 2.62. The Labute approximate surface area is 165 Å². The van der Waals surface area contributed by atoms with Crippen molar-refractivity contribution < 1.29 is 17.9 Å². The number of carbonyl (C=O) groups is 1. The summed E-state index contributed by atoms with van der Waals surface area (Å²) < 4.78 is 30.2. The summed E-state index contributed by atoms with van der Waals surface area (Å²) >= 11 is 6.03. The average molecular weight is 411 g/mol. The fraction of sp³-hybridized carbons (Fsp3) is 0.316. The summed E-state index contributed by atoms with van der Waals surface area (Å²) in [6, 6.07) is 14.3. The molecule has 0 bridgehead atoms. The van der Waals surface area contributed by atoms with E-state index in [4.69, 9.17) is 16.3 Å². The molecule has 1 amide bonds. The fourth-order valence-corrected chi connectivity index (χ4v) is 3.03. The van der Waals surface area contributed by atoms with Crippen LogP contribution in [0.1, 0.15) is 15.9 Å². The third kappa shape index (κ3) is 7.21. The molecule has 0 aliphatic carbocycles. The monoisotopic (exact) mass is 410 g/mol. The summed E-state index contributed by atoms with van der Waals surface area (Å²) in [6.45, 7) is 1.08. The van der Waals surface area contributed by atoms with Gasteiger partial charge < -0.3 is 9.64 Å². The number of hydrogen-bond donors (Lipinski definition) is 1. The number of ether oxygens (including phenoxy) is 1. The van der Waals surface area contributed by atoms with Crippen LogP contribution in [0.3, 0.4) is 0 Å². The number of amides is 1. The van der Waals surface area contributed by atoms with Gasteiger partial charge in [0.1, 0.15) is 12.4 Å². The van der Waals surface area contributed by atoms with Gasteiger partial charge in [0.2, 0.25) is 10.0 Å². The second-order valence-electron chi connectivity index (χ2n) is 6.12. The first kappa shape index (κ1) is 21.2. The standard InChI is InChI=1S/C19H23ClN2O4S/c1-22(13-14-26-18-6-4-3-5-17(18)20)19(23)16-9-7-15(8-10-16)11-12-21-27(2,24)25/h3-10,21H,11-14H2,1-2H3. The van der Waals surface area contributed by atoms with E-state index in [1.54, 1.807) is 36.2 Å². The van der Waals surface area contributed by atoms with Crippen LogP contribution >= 0.6 is 11.6 Å². The van der Waals surface area contributed by atoms with Crippen LogP contribution in [0, 0.1) is 0 Å². The van der Waals surface area contributed by atoms with Crippen molar-refractivity contribution in [1.29, 1.82) is 0 Å². The highest BCUT2D eigenvalue weighted by Crippen LogP contribution is 2.22.